The van der Waals surface area contributed by atoms with E-state index in [9.17, 15) is 9.59 Å². The average Bonchev–Trinajstić information content (AvgIpc) is 2.14. The van der Waals surface area contributed by atoms with Gasteiger partial charge in [-0.25, -0.2) is 9.78 Å². The van der Waals surface area contributed by atoms with Crippen molar-refractivity contribution < 1.29 is 14.7 Å². The minimum atomic E-state index is -1.17. The zero-order valence-electron chi connectivity index (χ0n) is 7.93. The smallest absolute Gasteiger partial charge is 0.410 e. The highest BCUT2D eigenvalue weighted by atomic mass is 16.4. The van der Waals surface area contributed by atoms with Crippen molar-refractivity contribution in [3.8, 4) is 0 Å². The molecule has 0 atom stereocenters. The number of nitrogens with one attached hydrogen (secondary N) is 1. The Morgan fingerprint density at radius 2 is 2.27 bits per heavy atom. The van der Waals surface area contributed by atoms with Crippen molar-refractivity contribution >= 4 is 17.8 Å². The zero-order valence-corrected chi connectivity index (χ0v) is 7.93. The van der Waals surface area contributed by atoms with Crippen LogP contribution in [0.2, 0.25) is 0 Å². The number of carbonyl (C=O) groups excluding carboxylic acids is 1. The molecular formula is C9H11N3O3. The summed E-state index contributed by atoms with van der Waals surface area (Å²) in [6, 6.07) is 3.27. The third-order valence-electron chi connectivity index (χ3n) is 1.72. The van der Waals surface area contributed by atoms with Crippen LogP contribution in [0.15, 0.2) is 18.3 Å². The predicted octanol–water partition coefficient (Wildman–Crippen LogP) is 0.589. The van der Waals surface area contributed by atoms with E-state index in [4.69, 9.17) is 10.8 Å². The van der Waals surface area contributed by atoms with E-state index in [1.54, 1.807) is 12.1 Å². The second-order valence-corrected chi connectivity index (χ2v) is 2.95. The number of anilines is 1. The van der Waals surface area contributed by atoms with E-state index in [0.29, 0.717) is 6.42 Å². The highest BCUT2D eigenvalue weighted by Crippen LogP contribution is 2.08. The molecule has 80 valence electrons. The van der Waals surface area contributed by atoms with Gasteiger partial charge in [0.05, 0.1) is 0 Å². The van der Waals surface area contributed by atoms with E-state index < -0.39 is 6.09 Å². The third-order valence-corrected chi connectivity index (χ3v) is 1.72. The van der Waals surface area contributed by atoms with Gasteiger partial charge in [0, 0.05) is 12.6 Å². The maximum atomic E-state index is 10.5. The molecule has 2 amide bonds. The fourth-order valence-electron chi connectivity index (χ4n) is 1.08. The van der Waals surface area contributed by atoms with Crippen molar-refractivity contribution in [3.63, 3.8) is 0 Å². The molecule has 4 N–H and O–H groups in total. The minimum absolute atomic E-state index is 0.233. The summed E-state index contributed by atoms with van der Waals surface area (Å²) in [6.45, 7) is 0. The van der Waals surface area contributed by atoms with E-state index >= 15 is 0 Å². The number of pyridine rings is 1. The molecule has 0 saturated carbocycles. The maximum absolute atomic E-state index is 10.5. The summed E-state index contributed by atoms with van der Waals surface area (Å²) in [4.78, 5) is 24.7. The topological polar surface area (TPSA) is 105 Å². The molecule has 0 spiro atoms. The van der Waals surface area contributed by atoms with Crippen LogP contribution in [-0.4, -0.2) is 22.1 Å². The average molecular weight is 209 g/mol. The molecule has 1 heterocycles. The molecule has 0 unspecified atom stereocenters. The van der Waals surface area contributed by atoms with Crippen molar-refractivity contribution in [3.05, 3.63) is 23.9 Å². The molecule has 6 heteroatoms. The van der Waals surface area contributed by atoms with Crippen LogP contribution in [0.3, 0.4) is 0 Å². The standard InChI is InChI=1S/C9H11N3O3/c10-7(13)2-1-6-3-4-11-8(5-6)12-9(14)15/h3-5H,1-2H2,(H2,10,13)(H,11,12)(H,14,15). The van der Waals surface area contributed by atoms with Gasteiger partial charge in [-0.3, -0.25) is 10.1 Å². The van der Waals surface area contributed by atoms with Gasteiger partial charge in [0.15, 0.2) is 0 Å². The number of carboxylic acid groups (broad SMARTS) is 1. The summed E-state index contributed by atoms with van der Waals surface area (Å²) in [5.74, 6) is -0.149. The lowest BCUT2D eigenvalue weighted by Crippen LogP contribution is -2.12. The van der Waals surface area contributed by atoms with Crippen molar-refractivity contribution in [1.82, 2.24) is 4.98 Å². The van der Waals surface area contributed by atoms with Crippen molar-refractivity contribution in [2.24, 2.45) is 5.73 Å². The first-order valence-electron chi connectivity index (χ1n) is 4.31. The van der Waals surface area contributed by atoms with Crippen molar-refractivity contribution in [2.45, 2.75) is 12.8 Å². The Morgan fingerprint density at radius 1 is 1.53 bits per heavy atom. The van der Waals surface area contributed by atoms with Crippen LogP contribution in [-0.2, 0) is 11.2 Å². The number of hydrogen-bond acceptors (Lipinski definition) is 3. The Labute approximate surface area is 86.1 Å². The number of carbonyl (C=O) groups is 2. The second kappa shape index (κ2) is 4.94. The molecule has 6 nitrogen and oxygen atoms in total. The summed E-state index contributed by atoms with van der Waals surface area (Å²) in [5.41, 5.74) is 5.81. The zero-order chi connectivity index (χ0) is 11.3. The first kappa shape index (κ1) is 11.0. The molecule has 1 aromatic heterocycles. The maximum Gasteiger partial charge on any atom is 0.410 e. The second-order valence-electron chi connectivity index (χ2n) is 2.95. The van der Waals surface area contributed by atoms with Crippen molar-refractivity contribution in [2.75, 3.05) is 5.32 Å². The van der Waals surface area contributed by atoms with E-state index in [1.807, 2.05) is 0 Å². The number of amides is 2. The molecular weight excluding hydrogens is 198 g/mol. The van der Waals surface area contributed by atoms with Gasteiger partial charge in [0.25, 0.3) is 0 Å². The summed E-state index contributed by atoms with van der Waals surface area (Å²) >= 11 is 0. The minimum Gasteiger partial charge on any atom is -0.465 e. The van der Waals surface area contributed by atoms with Gasteiger partial charge >= 0.3 is 6.09 Å². The summed E-state index contributed by atoms with van der Waals surface area (Å²) in [7, 11) is 0. The van der Waals surface area contributed by atoms with Crippen LogP contribution < -0.4 is 11.1 Å². The fourth-order valence-corrected chi connectivity index (χ4v) is 1.08. The number of aromatic nitrogens is 1. The molecule has 0 radical (unpaired) electrons. The molecule has 1 aromatic rings. The van der Waals surface area contributed by atoms with E-state index in [1.165, 1.54) is 6.20 Å². The van der Waals surface area contributed by atoms with E-state index in [-0.39, 0.29) is 18.1 Å². The van der Waals surface area contributed by atoms with Crippen molar-refractivity contribution in [1.29, 1.82) is 0 Å². The molecule has 0 aliphatic heterocycles. The Morgan fingerprint density at radius 3 is 2.87 bits per heavy atom. The van der Waals surface area contributed by atoms with Gasteiger partial charge in [-0.1, -0.05) is 0 Å². The summed E-state index contributed by atoms with van der Waals surface area (Å²) < 4.78 is 0. The number of nitrogens with two attached hydrogens (primary N) is 1. The number of hydrogen-bond donors (Lipinski definition) is 3. The first-order chi connectivity index (χ1) is 7.08. The van der Waals surface area contributed by atoms with Crippen LogP contribution in [0.4, 0.5) is 10.6 Å². The predicted molar refractivity (Wildman–Crippen MR) is 53.4 cm³/mol. The number of nitrogens with zero attached hydrogens (tertiary/aromatic N) is 1. The van der Waals surface area contributed by atoms with E-state index in [0.717, 1.165) is 5.56 Å². The van der Waals surface area contributed by atoms with Crippen LogP contribution in [0, 0.1) is 0 Å². The molecule has 0 aliphatic carbocycles. The number of aryl methyl sites for hydroxylation is 1. The van der Waals surface area contributed by atoms with Gasteiger partial charge in [-0.05, 0) is 24.1 Å². The van der Waals surface area contributed by atoms with Crippen LogP contribution in [0.25, 0.3) is 0 Å². The van der Waals surface area contributed by atoms with Crippen LogP contribution in [0.1, 0.15) is 12.0 Å². The molecule has 1 rings (SSSR count). The molecule has 15 heavy (non-hydrogen) atoms. The fraction of sp³-hybridized carbons (Fsp3) is 0.222. The van der Waals surface area contributed by atoms with Gasteiger partial charge < -0.3 is 10.8 Å². The monoisotopic (exact) mass is 209 g/mol. The lowest BCUT2D eigenvalue weighted by atomic mass is 10.1. The largest absolute Gasteiger partial charge is 0.465 e. The van der Waals surface area contributed by atoms with Gasteiger partial charge in [0.1, 0.15) is 5.82 Å². The lowest BCUT2D eigenvalue weighted by Gasteiger charge is -2.02. The summed E-state index contributed by atoms with van der Waals surface area (Å²) in [5, 5.41) is 10.6. The Kier molecular flexibility index (Phi) is 3.61. The highest BCUT2D eigenvalue weighted by Gasteiger charge is 2.02. The highest BCUT2D eigenvalue weighted by molar-refractivity contribution is 5.81. The molecule has 0 saturated heterocycles. The molecule has 0 fully saturated rings. The SMILES string of the molecule is NC(=O)CCc1ccnc(NC(=O)O)c1. The van der Waals surface area contributed by atoms with Gasteiger partial charge in [-0.15, -0.1) is 0 Å². The molecule has 0 bridgehead atoms. The lowest BCUT2D eigenvalue weighted by molar-refractivity contribution is -0.117. The Hall–Kier alpha value is -2.11. The number of rotatable bonds is 4. The number of primary amides is 1. The third kappa shape index (κ3) is 4.08. The van der Waals surface area contributed by atoms with E-state index in [2.05, 4.69) is 10.3 Å². The van der Waals surface area contributed by atoms with Crippen LogP contribution >= 0.6 is 0 Å². The molecule has 0 aliphatic rings. The normalized spacial score (nSPS) is 9.60. The molecule has 0 aromatic carbocycles. The van der Waals surface area contributed by atoms with Gasteiger partial charge in [-0.2, -0.15) is 0 Å². The summed E-state index contributed by atoms with van der Waals surface area (Å²) in [6.07, 6.45) is 1.01. The van der Waals surface area contributed by atoms with Gasteiger partial charge in [0.2, 0.25) is 5.91 Å². The Balaban J connectivity index is 2.65. The Bertz CT molecular complexity index is 379. The quantitative estimate of drug-likeness (QED) is 0.674. The first-order valence-corrected chi connectivity index (χ1v) is 4.31. The van der Waals surface area contributed by atoms with Crippen LogP contribution in [0.5, 0.6) is 0 Å².